The third-order valence-electron chi connectivity index (χ3n) is 5.90. The lowest BCUT2D eigenvalue weighted by Crippen LogP contribution is -2.25. The third kappa shape index (κ3) is 4.20. The number of fused-ring (bicyclic) bond motifs is 3. The number of ether oxygens (including phenoxy) is 2. The van der Waals surface area contributed by atoms with Crippen molar-refractivity contribution in [1.29, 1.82) is 0 Å². The number of rotatable bonds is 6. The highest BCUT2D eigenvalue weighted by atomic mass is 19.3. The second kappa shape index (κ2) is 8.90. The summed E-state index contributed by atoms with van der Waals surface area (Å²) in [6.45, 7) is 3.05. The maximum Gasteiger partial charge on any atom is 0.266 e. The Morgan fingerprint density at radius 3 is 2.73 bits per heavy atom. The van der Waals surface area contributed by atoms with Gasteiger partial charge in [-0.1, -0.05) is 18.2 Å². The Balaban J connectivity index is 1.53. The minimum atomic E-state index is -2.89. The normalized spacial score (nSPS) is 15.9. The van der Waals surface area contributed by atoms with Gasteiger partial charge < -0.3 is 14.8 Å². The summed E-state index contributed by atoms with van der Waals surface area (Å²) in [4.78, 5) is 8.87. The van der Waals surface area contributed by atoms with Crippen LogP contribution in [0.25, 0.3) is 16.7 Å². The van der Waals surface area contributed by atoms with E-state index in [1.165, 1.54) is 12.1 Å². The molecule has 0 bridgehead atoms. The summed E-state index contributed by atoms with van der Waals surface area (Å²) >= 11 is 0. The molecule has 33 heavy (non-hydrogen) atoms. The molecule has 1 aliphatic heterocycles. The van der Waals surface area contributed by atoms with E-state index < -0.39 is 23.8 Å². The fraction of sp³-hybridized carbons (Fsp3) is 0.333. The number of alkyl halides is 2. The first kappa shape index (κ1) is 21.5. The van der Waals surface area contributed by atoms with Gasteiger partial charge in [-0.3, -0.25) is 4.40 Å². The predicted molar refractivity (Wildman–Crippen MR) is 118 cm³/mol. The molecule has 0 aliphatic carbocycles. The molecule has 172 valence electrons. The summed E-state index contributed by atoms with van der Waals surface area (Å²) in [5.41, 5.74) is 0.365. The molecule has 9 heteroatoms. The van der Waals surface area contributed by atoms with E-state index in [-0.39, 0.29) is 11.7 Å². The van der Waals surface area contributed by atoms with Gasteiger partial charge in [-0.25, -0.2) is 18.2 Å². The van der Waals surface area contributed by atoms with Crippen LogP contribution >= 0.6 is 0 Å². The Kier molecular flexibility index (Phi) is 5.80. The van der Waals surface area contributed by atoms with Crippen LogP contribution in [0.4, 0.5) is 19.0 Å². The Morgan fingerprint density at radius 2 is 1.94 bits per heavy atom. The molecule has 2 aromatic heterocycles. The molecule has 0 radical (unpaired) electrons. The van der Waals surface area contributed by atoms with Gasteiger partial charge in [0.2, 0.25) is 5.78 Å². The molecule has 0 spiro atoms. The van der Waals surface area contributed by atoms with E-state index in [0.717, 1.165) is 29.8 Å². The van der Waals surface area contributed by atoms with Crippen LogP contribution in [0.15, 0.2) is 48.8 Å². The molecular formula is C24H23F3N4O2. The standard InChI is InChI=1S/C24H23F3N4O2/c1-14(17-3-2-4-18(21(17)25)22(26)27)29-23-19-13-16(33-15-7-11-32-12-8-15)5-6-20(19)31-10-9-28-24(31)30-23/h2-6,9-10,13-15,22H,7-8,11-12H2,1H3,(H,28,29,30). The van der Waals surface area contributed by atoms with Crippen molar-refractivity contribution >= 4 is 22.5 Å². The van der Waals surface area contributed by atoms with Gasteiger partial charge in [0.25, 0.3) is 6.43 Å². The first-order chi connectivity index (χ1) is 16.0. The summed E-state index contributed by atoms with van der Waals surface area (Å²) < 4.78 is 54.5. The van der Waals surface area contributed by atoms with E-state index in [1.807, 2.05) is 28.8 Å². The first-order valence-electron chi connectivity index (χ1n) is 10.9. The van der Waals surface area contributed by atoms with Gasteiger partial charge in [-0.05, 0) is 25.1 Å². The van der Waals surface area contributed by atoms with Gasteiger partial charge in [0.1, 0.15) is 23.5 Å². The van der Waals surface area contributed by atoms with E-state index in [2.05, 4.69) is 15.3 Å². The van der Waals surface area contributed by atoms with Gasteiger partial charge in [0.05, 0.1) is 30.3 Å². The highest BCUT2D eigenvalue weighted by molar-refractivity contribution is 5.92. The van der Waals surface area contributed by atoms with Crippen LogP contribution in [0.3, 0.4) is 0 Å². The number of halogens is 3. The fourth-order valence-electron chi connectivity index (χ4n) is 4.17. The summed E-state index contributed by atoms with van der Waals surface area (Å²) in [6.07, 6.45) is 2.28. The maximum atomic E-state index is 14.7. The molecule has 0 amide bonds. The van der Waals surface area contributed by atoms with Crippen LogP contribution in [0.2, 0.25) is 0 Å². The van der Waals surface area contributed by atoms with Crippen LogP contribution < -0.4 is 10.1 Å². The smallest absolute Gasteiger partial charge is 0.266 e. The first-order valence-corrected chi connectivity index (χ1v) is 10.9. The van der Waals surface area contributed by atoms with Crippen molar-refractivity contribution in [2.75, 3.05) is 18.5 Å². The average molecular weight is 456 g/mol. The van der Waals surface area contributed by atoms with Crippen molar-refractivity contribution in [1.82, 2.24) is 14.4 Å². The number of nitrogens with zero attached hydrogens (tertiary/aromatic N) is 3. The van der Waals surface area contributed by atoms with Crippen molar-refractivity contribution in [3.8, 4) is 5.75 Å². The lowest BCUT2D eigenvalue weighted by atomic mass is 10.0. The van der Waals surface area contributed by atoms with Gasteiger partial charge in [0.15, 0.2) is 0 Å². The molecule has 1 unspecified atom stereocenters. The van der Waals surface area contributed by atoms with Crippen molar-refractivity contribution in [3.63, 3.8) is 0 Å². The molecule has 1 atom stereocenters. The van der Waals surface area contributed by atoms with Gasteiger partial charge >= 0.3 is 0 Å². The van der Waals surface area contributed by atoms with Crippen LogP contribution in [0.1, 0.15) is 43.4 Å². The average Bonchev–Trinajstić information content (AvgIpc) is 3.28. The molecule has 2 aromatic carbocycles. The van der Waals surface area contributed by atoms with Crippen LogP contribution in [0.5, 0.6) is 5.75 Å². The lowest BCUT2D eigenvalue weighted by molar-refractivity contribution is 0.0256. The molecule has 1 fully saturated rings. The SMILES string of the molecule is CC(Nc1nc2nccn2c2ccc(OC3CCOCC3)cc12)c1cccc(C(F)F)c1F. The van der Waals surface area contributed by atoms with Crippen LogP contribution in [-0.4, -0.2) is 33.7 Å². The van der Waals surface area contributed by atoms with E-state index >= 15 is 0 Å². The van der Waals surface area contributed by atoms with Gasteiger partial charge in [0, 0.05) is 36.2 Å². The molecule has 4 aromatic rings. The van der Waals surface area contributed by atoms with Crippen molar-refractivity contribution < 1.29 is 22.6 Å². The number of hydrogen-bond donors (Lipinski definition) is 1. The maximum absolute atomic E-state index is 14.7. The van der Waals surface area contributed by atoms with Gasteiger partial charge in [-0.15, -0.1) is 0 Å². The predicted octanol–water partition coefficient (Wildman–Crippen LogP) is 5.69. The molecule has 5 rings (SSSR count). The molecule has 6 nitrogen and oxygen atoms in total. The highest BCUT2D eigenvalue weighted by Crippen LogP contribution is 2.33. The van der Waals surface area contributed by atoms with Gasteiger partial charge in [-0.2, -0.15) is 4.98 Å². The van der Waals surface area contributed by atoms with E-state index in [9.17, 15) is 13.2 Å². The minimum Gasteiger partial charge on any atom is -0.490 e. The number of benzene rings is 2. The second-order valence-electron chi connectivity index (χ2n) is 8.08. The molecule has 1 saturated heterocycles. The lowest BCUT2D eigenvalue weighted by Gasteiger charge is -2.24. The molecule has 0 saturated carbocycles. The highest BCUT2D eigenvalue weighted by Gasteiger charge is 2.21. The summed E-state index contributed by atoms with van der Waals surface area (Å²) in [5.74, 6) is 0.715. The van der Waals surface area contributed by atoms with E-state index in [4.69, 9.17) is 9.47 Å². The Labute approximate surface area is 188 Å². The monoisotopic (exact) mass is 456 g/mol. The number of aromatic nitrogens is 3. The summed E-state index contributed by atoms with van der Waals surface area (Å²) in [5, 5.41) is 3.95. The summed E-state index contributed by atoms with van der Waals surface area (Å²) in [6, 6.07) is 9.12. The van der Waals surface area contributed by atoms with Crippen molar-refractivity contribution in [2.24, 2.45) is 0 Å². The molecule has 3 heterocycles. The number of hydrogen-bond acceptors (Lipinski definition) is 5. The largest absolute Gasteiger partial charge is 0.490 e. The number of anilines is 1. The summed E-state index contributed by atoms with van der Waals surface area (Å²) in [7, 11) is 0. The number of imidazole rings is 1. The quantitative estimate of drug-likeness (QED) is 0.404. The minimum absolute atomic E-state index is 0.0719. The Bertz CT molecular complexity index is 1290. The zero-order valence-corrected chi connectivity index (χ0v) is 18.0. The zero-order chi connectivity index (χ0) is 22.9. The molecule has 1 aliphatic rings. The topological polar surface area (TPSA) is 60.7 Å². The Morgan fingerprint density at radius 1 is 1.15 bits per heavy atom. The van der Waals surface area contributed by atoms with Crippen LogP contribution in [0, 0.1) is 5.82 Å². The zero-order valence-electron chi connectivity index (χ0n) is 18.0. The third-order valence-corrected chi connectivity index (χ3v) is 5.90. The second-order valence-corrected chi connectivity index (χ2v) is 8.08. The number of nitrogens with one attached hydrogen (secondary N) is 1. The van der Waals surface area contributed by atoms with Crippen LogP contribution in [-0.2, 0) is 4.74 Å². The molecule has 1 N–H and O–H groups in total. The van der Waals surface area contributed by atoms with Crippen molar-refractivity contribution in [2.45, 2.75) is 38.3 Å². The molecular weight excluding hydrogens is 433 g/mol. The van der Waals surface area contributed by atoms with E-state index in [1.54, 1.807) is 13.1 Å². The fourth-order valence-corrected chi connectivity index (χ4v) is 4.17. The van der Waals surface area contributed by atoms with Crippen molar-refractivity contribution in [3.05, 3.63) is 65.7 Å². The van der Waals surface area contributed by atoms with E-state index in [0.29, 0.717) is 30.6 Å². The Hall–Kier alpha value is -3.33.